The van der Waals surface area contributed by atoms with E-state index < -0.39 is 0 Å². The lowest BCUT2D eigenvalue weighted by molar-refractivity contribution is 0.305. The Labute approximate surface area is 120 Å². The number of hydrogen-bond donors (Lipinski definition) is 0. The van der Waals surface area contributed by atoms with E-state index >= 15 is 0 Å². The third-order valence-corrected chi connectivity index (χ3v) is 3.98. The van der Waals surface area contributed by atoms with E-state index in [1.165, 1.54) is 25.0 Å². The molecule has 0 unspecified atom stereocenters. The SMILES string of the molecule is CC(C)SCCCCCCOc1cccc(Cl)c1. The van der Waals surface area contributed by atoms with Crippen LogP contribution in [0.4, 0.5) is 0 Å². The maximum absolute atomic E-state index is 5.89. The van der Waals surface area contributed by atoms with Gasteiger partial charge in [0.15, 0.2) is 0 Å². The first kappa shape index (κ1) is 15.7. The van der Waals surface area contributed by atoms with Gasteiger partial charge < -0.3 is 4.74 Å². The van der Waals surface area contributed by atoms with Crippen molar-refractivity contribution in [3.05, 3.63) is 29.3 Å². The highest BCUT2D eigenvalue weighted by Crippen LogP contribution is 2.17. The third-order valence-electron chi connectivity index (χ3n) is 2.55. The summed E-state index contributed by atoms with van der Waals surface area (Å²) in [6.45, 7) is 5.30. The van der Waals surface area contributed by atoms with Crippen LogP contribution in [-0.2, 0) is 0 Å². The van der Waals surface area contributed by atoms with Crippen LogP contribution in [0.5, 0.6) is 5.75 Å². The van der Waals surface area contributed by atoms with Crippen LogP contribution in [0.25, 0.3) is 0 Å². The van der Waals surface area contributed by atoms with Gasteiger partial charge in [-0.15, -0.1) is 0 Å². The van der Waals surface area contributed by atoms with Gasteiger partial charge in [-0.05, 0) is 42.0 Å². The monoisotopic (exact) mass is 286 g/mol. The maximum Gasteiger partial charge on any atom is 0.120 e. The molecule has 1 aromatic carbocycles. The Hall–Kier alpha value is -0.340. The van der Waals surface area contributed by atoms with E-state index in [-0.39, 0.29) is 0 Å². The largest absolute Gasteiger partial charge is 0.494 e. The maximum atomic E-state index is 5.89. The molecule has 0 saturated heterocycles. The Kier molecular flexibility index (Phi) is 8.36. The zero-order chi connectivity index (χ0) is 13.2. The van der Waals surface area contributed by atoms with Crippen molar-refractivity contribution >= 4 is 23.4 Å². The molecule has 0 saturated carbocycles. The Morgan fingerprint density at radius 3 is 2.67 bits per heavy atom. The highest BCUT2D eigenvalue weighted by Gasteiger charge is 1.96. The van der Waals surface area contributed by atoms with Crippen LogP contribution in [-0.4, -0.2) is 17.6 Å². The van der Waals surface area contributed by atoms with Crippen molar-refractivity contribution in [3.8, 4) is 5.75 Å². The second-order valence-electron chi connectivity index (χ2n) is 4.64. The van der Waals surface area contributed by atoms with E-state index in [1.807, 2.05) is 36.0 Å². The van der Waals surface area contributed by atoms with E-state index in [4.69, 9.17) is 16.3 Å². The molecule has 1 rings (SSSR count). The zero-order valence-corrected chi connectivity index (χ0v) is 12.9. The summed E-state index contributed by atoms with van der Waals surface area (Å²) in [5.41, 5.74) is 0. The normalized spacial score (nSPS) is 10.9. The van der Waals surface area contributed by atoms with Gasteiger partial charge in [-0.25, -0.2) is 0 Å². The van der Waals surface area contributed by atoms with Crippen LogP contribution in [0.3, 0.4) is 0 Å². The predicted molar refractivity (Wildman–Crippen MR) is 83.0 cm³/mol. The highest BCUT2D eigenvalue weighted by atomic mass is 35.5. The Morgan fingerprint density at radius 1 is 1.17 bits per heavy atom. The molecule has 0 radical (unpaired) electrons. The van der Waals surface area contributed by atoms with Gasteiger partial charge in [-0.2, -0.15) is 11.8 Å². The average molecular weight is 287 g/mol. The summed E-state index contributed by atoms with van der Waals surface area (Å²) in [5, 5.41) is 1.49. The summed E-state index contributed by atoms with van der Waals surface area (Å²) < 4.78 is 5.64. The first-order chi connectivity index (χ1) is 8.68. The molecule has 0 heterocycles. The third kappa shape index (κ3) is 7.88. The fraction of sp³-hybridized carbons (Fsp3) is 0.600. The van der Waals surface area contributed by atoms with Crippen LogP contribution >= 0.6 is 23.4 Å². The molecule has 0 aliphatic heterocycles. The van der Waals surface area contributed by atoms with Crippen molar-refractivity contribution in [2.75, 3.05) is 12.4 Å². The van der Waals surface area contributed by atoms with E-state index in [0.717, 1.165) is 29.0 Å². The molecule has 0 aromatic heterocycles. The lowest BCUT2D eigenvalue weighted by atomic mass is 10.2. The van der Waals surface area contributed by atoms with Crippen molar-refractivity contribution in [1.29, 1.82) is 0 Å². The standard InChI is InChI=1S/C15H23ClOS/c1-13(2)18-11-6-4-3-5-10-17-15-9-7-8-14(16)12-15/h7-9,12-13H,3-6,10-11H2,1-2H3. The second kappa shape index (κ2) is 9.57. The van der Waals surface area contributed by atoms with Gasteiger partial charge in [0.2, 0.25) is 0 Å². The van der Waals surface area contributed by atoms with E-state index in [9.17, 15) is 0 Å². The Balaban J connectivity index is 1.96. The molecule has 102 valence electrons. The number of hydrogen-bond acceptors (Lipinski definition) is 2. The molecule has 0 spiro atoms. The minimum atomic E-state index is 0.734. The van der Waals surface area contributed by atoms with Gasteiger partial charge in [-0.3, -0.25) is 0 Å². The number of unbranched alkanes of at least 4 members (excludes halogenated alkanes) is 3. The first-order valence-corrected chi connectivity index (χ1v) is 8.11. The molecule has 1 nitrogen and oxygen atoms in total. The topological polar surface area (TPSA) is 9.23 Å². The molecule has 0 bridgehead atoms. The molecule has 0 fully saturated rings. The van der Waals surface area contributed by atoms with Crippen LogP contribution in [0.15, 0.2) is 24.3 Å². The van der Waals surface area contributed by atoms with Gasteiger partial charge in [-0.1, -0.05) is 44.4 Å². The van der Waals surface area contributed by atoms with Crippen LogP contribution in [0, 0.1) is 0 Å². The van der Waals surface area contributed by atoms with Crippen LogP contribution in [0.2, 0.25) is 5.02 Å². The highest BCUT2D eigenvalue weighted by molar-refractivity contribution is 7.99. The van der Waals surface area contributed by atoms with Crippen LogP contribution < -0.4 is 4.74 Å². The molecule has 0 amide bonds. The minimum absolute atomic E-state index is 0.734. The van der Waals surface area contributed by atoms with Crippen molar-refractivity contribution < 1.29 is 4.74 Å². The number of thioether (sulfide) groups is 1. The van der Waals surface area contributed by atoms with Gasteiger partial charge in [0.1, 0.15) is 5.75 Å². The first-order valence-electron chi connectivity index (χ1n) is 6.68. The summed E-state index contributed by atoms with van der Waals surface area (Å²) >= 11 is 7.93. The number of ether oxygens (including phenoxy) is 1. The number of rotatable bonds is 9. The van der Waals surface area contributed by atoms with Gasteiger partial charge in [0.25, 0.3) is 0 Å². The molecule has 3 heteroatoms. The second-order valence-corrected chi connectivity index (χ2v) is 6.76. The van der Waals surface area contributed by atoms with Gasteiger partial charge in [0.05, 0.1) is 6.61 Å². The summed E-state index contributed by atoms with van der Waals surface area (Å²) in [6.07, 6.45) is 5.00. The minimum Gasteiger partial charge on any atom is -0.494 e. The summed E-state index contributed by atoms with van der Waals surface area (Å²) in [5.74, 6) is 2.16. The van der Waals surface area contributed by atoms with Crippen molar-refractivity contribution in [1.82, 2.24) is 0 Å². The molecule has 18 heavy (non-hydrogen) atoms. The summed E-state index contributed by atoms with van der Waals surface area (Å²) in [7, 11) is 0. The smallest absolute Gasteiger partial charge is 0.120 e. The predicted octanol–water partition coefficient (Wildman–Crippen LogP) is 5.42. The lowest BCUT2D eigenvalue weighted by Gasteiger charge is -2.07. The Bertz CT molecular complexity index is 328. The molecule has 0 atom stereocenters. The van der Waals surface area contributed by atoms with E-state index in [0.29, 0.717) is 0 Å². The number of benzene rings is 1. The Morgan fingerprint density at radius 2 is 1.94 bits per heavy atom. The van der Waals surface area contributed by atoms with Crippen LogP contribution in [0.1, 0.15) is 39.5 Å². The summed E-state index contributed by atoms with van der Waals surface area (Å²) in [4.78, 5) is 0. The zero-order valence-electron chi connectivity index (χ0n) is 11.3. The van der Waals surface area contributed by atoms with Crippen molar-refractivity contribution in [2.24, 2.45) is 0 Å². The van der Waals surface area contributed by atoms with Crippen molar-refractivity contribution in [3.63, 3.8) is 0 Å². The van der Waals surface area contributed by atoms with Crippen molar-refractivity contribution in [2.45, 2.75) is 44.8 Å². The van der Waals surface area contributed by atoms with Gasteiger partial charge >= 0.3 is 0 Å². The quantitative estimate of drug-likeness (QED) is 0.561. The van der Waals surface area contributed by atoms with E-state index in [2.05, 4.69) is 13.8 Å². The fourth-order valence-corrected chi connectivity index (χ4v) is 2.65. The number of halogens is 1. The molecule has 1 aromatic rings. The average Bonchev–Trinajstić information content (AvgIpc) is 2.32. The summed E-state index contributed by atoms with van der Waals surface area (Å²) in [6, 6.07) is 7.59. The molecule has 0 aliphatic carbocycles. The lowest BCUT2D eigenvalue weighted by Crippen LogP contribution is -1.97. The molecule has 0 aliphatic rings. The fourth-order valence-electron chi connectivity index (χ4n) is 1.62. The molecular formula is C15H23ClOS. The van der Waals surface area contributed by atoms with E-state index in [1.54, 1.807) is 0 Å². The molecule has 0 N–H and O–H groups in total. The van der Waals surface area contributed by atoms with Gasteiger partial charge in [0, 0.05) is 5.02 Å². The molecular weight excluding hydrogens is 264 g/mol.